The Morgan fingerprint density at radius 3 is 2.79 bits per heavy atom. The summed E-state index contributed by atoms with van der Waals surface area (Å²) in [5.41, 5.74) is 3.93. The van der Waals surface area contributed by atoms with Crippen LogP contribution in [0.5, 0.6) is 0 Å². The number of ether oxygens (including phenoxy) is 1. The van der Waals surface area contributed by atoms with E-state index < -0.39 is 12.3 Å². The van der Waals surface area contributed by atoms with Crippen molar-refractivity contribution < 1.29 is 9.13 Å². The molecule has 0 saturated carbocycles. The highest BCUT2D eigenvalue weighted by atomic mass is 19.1. The average molecular weight is 376 g/mol. The van der Waals surface area contributed by atoms with Gasteiger partial charge in [-0.1, -0.05) is 30.3 Å². The monoisotopic (exact) mass is 376 g/mol. The number of rotatable bonds is 5. The van der Waals surface area contributed by atoms with Crippen LogP contribution in [-0.2, 0) is 17.9 Å². The van der Waals surface area contributed by atoms with E-state index in [2.05, 4.69) is 25.9 Å². The molecule has 0 aliphatic carbocycles. The van der Waals surface area contributed by atoms with Crippen molar-refractivity contribution in [2.45, 2.75) is 25.4 Å². The molecule has 142 valence electrons. The van der Waals surface area contributed by atoms with Gasteiger partial charge in [0.15, 0.2) is 0 Å². The summed E-state index contributed by atoms with van der Waals surface area (Å²) in [6, 6.07) is 18.0. The van der Waals surface area contributed by atoms with E-state index in [1.165, 1.54) is 0 Å². The predicted octanol–water partition coefficient (Wildman–Crippen LogP) is 3.85. The second-order valence-electron chi connectivity index (χ2n) is 7.30. The van der Waals surface area contributed by atoms with Gasteiger partial charge in [-0.2, -0.15) is 0 Å². The highest BCUT2D eigenvalue weighted by Gasteiger charge is 2.33. The summed E-state index contributed by atoms with van der Waals surface area (Å²) in [7, 11) is 0. The number of aromatic nitrogens is 3. The lowest BCUT2D eigenvalue weighted by Gasteiger charge is -2.15. The van der Waals surface area contributed by atoms with Gasteiger partial charge in [-0.3, -0.25) is 9.88 Å². The number of pyridine rings is 1. The van der Waals surface area contributed by atoms with Crippen molar-refractivity contribution in [3.63, 3.8) is 0 Å². The van der Waals surface area contributed by atoms with E-state index in [-0.39, 0.29) is 6.61 Å². The summed E-state index contributed by atoms with van der Waals surface area (Å²) < 4.78 is 20.3. The molecule has 1 saturated heterocycles. The Morgan fingerprint density at radius 2 is 1.89 bits per heavy atom. The van der Waals surface area contributed by atoms with Crippen LogP contribution in [0.2, 0.25) is 0 Å². The second kappa shape index (κ2) is 7.30. The maximum Gasteiger partial charge on any atom is 0.140 e. The molecule has 2 aromatic carbocycles. The van der Waals surface area contributed by atoms with Crippen LogP contribution in [0, 0.1) is 0 Å². The topological polar surface area (TPSA) is 54.0 Å². The number of halogens is 1. The lowest BCUT2D eigenvalue weighted by molar-refractivity contribution is 0.00863. The van der Waals surface area contributed by atoms with Gasteiger partial charge >= 0.3 is 0 Å². The van der Waals surface area contributed by atoms with Gasteiger partial charge in [-0.25, -0.2) is 9.37 Å². The van der Waals surface area contributed by atoms with Crippen molar-refractivity contribution in [3.05, 3.63) is 72.2 Å². The van der Waals surface area contributed by atoms with E-state index in [0.29, 0.717) is 19.6 Å². The number of aromatic amines is 1. The molecule has 2 atom stereocenters. The zero-order valence-electron chi connectivity index (χ0n) is 15.4. The largest absolute Gasteiger partial charge is 0.366 e. The van der Waals surface area contributed by atoms with E-state index in [1.807, 2.05) is 54.7 Å². The van der Waals surface area contributed by atoms with Crippen LogP contribution in [-0.4, -0.2) is 45.2 Å². The summed E-state index contributed by atoms with van der Waals surface area (Å²) >= 11 is 0. The number of hydrogen-bond acceptors (Lipinski definition) is 4. The Balaban J connectivity index is 1.21. The lowest BCUT2D eigenvalue weighted by Crippen LogP contribution is -2.24. The van der Waals surface area contributed by atoms with Gasteiger partial charge in [0.25, 0.3) is 0 Å². The average Bonchev–Trinajstić information content (AvgIpc) is 3.28. The van der Waals surface area contributed by atoms with E-state index in [4.69, 9.17) is 4.74 Å². The molecule has 28 heavy (non-hydrogen) atoms. The summed E-state index contributed by atoms with van der Waals surface area (Å²) in [4.78, 5) is 14.3. The molecule has 3 heterocycles. The standard InChI is InChI=1S/C22H21FN4O/c23-17-12-27(11-15-9-16-5-1-2-6-18(16)24-10-15)13-21(17)28-14-22-25-19-7-3-4-8-20(19)26-22/h1-10,17,21H,11-14H2,(H,25,26). The van der Waals surface area contributed by atoms with Crippen LogP contribution in [0.25, 0.3) is 21.9 Å². The first kappa shape index (κ1) is 17.3. The van der Waals surface area contributed by atoms with Crippen molar-refractivity contribution in [3.8, 4) is 0 Å². The maximum atomic E-state index is 14.5. The number of H-pyrrole nitrogens is 1. The zero-order valence-corrected chi connectivity index (χ0v) is 15.4. The van der Waals surface area contributed by atoms with Gasteiger partial charge in [0.1, 0.15) is 24.7 Å². The molecule has 2 unspecified atom stereocenters. The van der Waals surface area contributed by atoms with E-state index in [1.54, 1.807) is 0 Å². The molecule has 0 radical (unpaired) electrons. The number of alkyl halides is 1. The molecule has 0 bridgehead atoms. The first-order valence-electron chi connectivity index (χ1n) is 9.50. The molecular formula is C22H21FN4O. The van der Waals surface area contributed by atoms with Crippen LogP contribution in [0.1, 0.15) is 11.4 Å². The van der Waals surface area contributed by atoms with Gasteiger partial charge in [-0.15, -0.1) is 0 Å². The molecule has 2 aromatic heterocycles. The number of imidazole rings is 1. The smallest absolute Gasteiger partial charge is 0.140 e. The molecule has 5 rings (SSSR count). The van der Waals surface area contributed by atoms with Crippen molar-refractivity contribution in [2.75, 3.05) is 13.1 Å². The summed E-state index contributed by atoms with van der Waals surface area (Å²) in [5, 5.41) is 1.11. The molecule has 1 fully saturated rings. The van der Waals surface area contributed by atoms with Crippen molar-refractivity contribution in [2.24, 2.45) is 0 Å². The van der Waals surface area contributed by atoms with Crippen molar-refractivity contribution in [1.29, 1.82) is 0 Å². The second-order valence-corrected chi connectivity index (χ2v) is 7.30. The van der Waals surface area contributed by atoms with Crippen molar-refractivity contribution in [1.82, 2.24) is 19.9 Å². The Morgan fingerprint density at radius 1 is 1.07 bits per heavy atom. The van der Waals surface area contributed by atoms with Gasteiger partial charge in [-0.05, 0) is 29.8 Å². The molecule has 6 heteroatoms. The first-order chi connectivity index (χ1) is 13.7. The third kappa shape index (κ3) is 3.48. The predicted molar refractivity (Wildman–Crippen MR) is 107 cm³/mol. The maximum absolute atomic E-state index is 14.5. The Hall–Kier alpha value is -2.83. The number of nitrogens with zero attached hydrogens (tertiary/aromatic N) is 3. The number of benzene rings is 2. The van der Waals surface area contributed by atoms with Crippen molar-refractivity contribution >= 4 is 21.9 Å². The lowest BCUT2D eigenvalue weighted by atomic mass is 10.1. The summed E-state index contributed by atoms with van der Waals surface area (Å²) in [5.74, 6) is 0.727. The van der Waals surface area contributed by atoms with Crippen LogP contribution in [0.15, 0.2) is 60.8 Å². The van der Waals surface area contributed by atoms with Crippen LogP contribution in [0.4, 0.5) is 4.39 Å². The molecule has 1 aliphatic heterocycles. The minimum atomic E-state index is -1.00. The molecule has 0 spiro atoms. The fourth-order valence-electron chi connectivity index (χ4n) is 3.82. The van der Waals surface area contributed by atoms with Gasteiger partial charge in [0.05, 0.1) is 16.6 Å². The Kier molecular flexibility index (Phi) is 4.50. The van der Waals surface area contributed by atoms with E-state index >= 15 is 0 Å². The highest BCUT2D eigenvalue weighted by Crippen LogP contribution is 2.22. The molecule has 0 amide bonds. The Labute approximate surface area is 162 Å². The number of hydrogen-bond donors (Lipinski definition) is 1. The minimum absolute atomic E-state index is 0.283. The fraction of sp³-hybridized carbons (Fsp3) is 0.273. The van der Waals surface area contributed by atoms with Crippen LogP contribution >= 0.6 is 0 Å². The third-order valence-electron chi connectivity index (χ3n) is 5.20. The number of fused-ring (bicyclic) bond motifs is 2. The van der Waals surface area contributed by atoms with E-state index in [9.17, 15) is 4.39 Å². The van der Waals surface area contributed by atoms with Gasteiger partial charge in [0.2, 0.25) is 0 Å². The zero-order chi connectivity index (χ0) is 18.9. The molecule has 5 nitrogen and oxygen atoms in total. The minimum Gasteiger partial charge on any atom is -0.366 e. The first-order valence-corrected chi connectivity index (χ1v) is 9.50. The van der Waals surface area contributed by atoms with Gasteiger partial charge < -0.3 is 9.72 Å². The number of likely N-dealkylation sites (tertiary alicyclic amines) is 1. The van der Waals surface area contributed by atoms with Crippen LogP contribution < -0.4 is 0 Å². The highest BCUT2D eigenvalue weighted by molar-refractivity contribution is 5.78. The van der Waals surface area contributed by atoms with E-state index in [0.717, 1.165) is 33.3 Å². The molecule has 1 N–H and O–H groups in total. The summed E-state index contributed by atoms with van der Waals surface area (Å²) in [6.45, 7) is 1.89. The normalized spacial score (nSPS) is 20.3. The Bertz CT molecular complexity index is 1080. The molecule has 4 aromatic rings. The summed E-state index contributed by atoms with van der Waals surface area (Å²) in [6.07, 6.45) is 0.428. The number of nitrogens with one attached hydrogen (secondary N) is 1. The SMILES string of the molecule is FC1CN(Cc2cnc3ccccc3c2)CC1OCc1nc2ccccc2[nH]1. The third-order valence-corrected chi connectivity index (χ3v) is 5.20. The quantitative estimate of drug-likeness (QED) is 0.575. The molecule has 1 aliphatic rings. The van der Waals surface area contributed by atoms with Crippen LogP contribution in [0.3, 0.4) is 0 Å². The fourth-order valence-corrected chi connectivity index (χ4v) is 3.82. The number of para-hydroxylation sites is 3. The molecular weight excluding hydrogens is 355 g/mol. The van der Waals surface area contributed by atoms with Gasteiger partial charge in [0, 0.05) is 31.2 Å².